The second kappa shape index (κ2) is 10.4. The first kappa shape index (κ1) is 23.8. The number of fused-ring (bicyclic) bond motifs is 1. The van der Waals surface area contributed by atoms with Crippen LogP contribution in [0.4, 0.5) is 11.8 Å². The average molecular weight is 499 g/mol. The van der Waals surface area contributed by atoms with Crippen LogP contribution in [0.1, 0.15) is 11.3 Å². The molecule has 1 atom stereocenters. The number of likely N-dealkylation sites (N-methyl/N-ethyl adjacent to an activating group) is 1. The van der Waals surface area contributed by atoms with Crippen molar-refractivity contribution >= 4 is 39.2 Å². The molecule has 3 aromatic rings. The molecular weight excluding hydrogens is 468 g/mol. The van der Waals surface area contributed by atoms with Crippen molar-refractivity contribution in [1.82, 2.24) is 29.7 Å². The lowest BCUT2D eigenvalue weighted by molar-refractivity contribution is -0.135. The van der Waals surface area contributed by atoms with Crippen molar-refractivity contribution in [3.05, 3.63) is 23.3 Å². The molecule has 2 fully saturated rings. The SMILES string of the molecule is COCC(=O)N(C)C1CCN(Cc2cc3nc(-c4cnc(N)nc4)nc(N4CCOCC4)c3s2)C1. The van der Waals surface area contributed by atoms with Gasteiger partial charge in [-0.3, -0.25) is 9.69 Å². The van der Waals surface area contributed by atoms with Gasteiger partial charge in [0.05, 0.1) is 29.0 Å². The summed E-state index contributed by atoms with van der Waals surface area (Å²) in [6.07, 6.45) is 4.27. The predicted octanol–water partition coefficient (Wildman–Crippen LogP) is 1.25. The van der Waals surface area contributed by atoms with Gasteiger partial charge >= 0.3 is 0 Å². The Morgan fingerprint density at radius 2 is 2.03 bits per heavy atom. The molecule has 1 unspecified atom stereocenters. The molecule has 0 bridgehead atoms. The Bertz CT molecular complexity index is 1180. The van der Waals surface area contributed by atoms with Crippen molar-refractivity contribution in [2.75, 3.05) is 70.8 Å². The van der Waals surface area contributed by atoms with E-state index in [0.717, 1.165) is 60.7 Å². The number of carbonyl (C=O) groups is 1. The van der Waals surface area contributed by atoms with E-state index in [2.05, 4.69) is 25.8 Å². The van der Waals surface area contributed by atoms with Crippen LogP contribution in [0.5, 0.6) is 0 Å². The van der Waals surface area contributed by atoms with Gasteiger partial charge < -0.3 is 25.0 Å². The summed E-state index contributed by atoms with van der Waals surface area (Å²) in [6.45, 7) is 5.64. The molecular formula is C23H30N8O3S. The minimum atomic E-state index is 0.0193. The fourth-order valence-corrected chi connectivity index (χ4v) is 5.69. The third-order valence-corrected chi connectivity index (χ3v) is 7.59. The van der Waals surface area contributed by atoms with Crippen LogP contribution in [0.3, 0.4) is 0 Å². The molecule has 3 aromatic heterocycles. The van der Waals surface area contributed by atoms with Gasteiger partial charge in [-0.15, -0.1) is 11.3 Å². The number of anilines is 2. The molecule has 11 nitrogen and oxygen atoms in total. The molecule has 2 N–H and O–H groups in total. The summed E-state index contributed by atoms with van der Waals surface area (Å²) < 4.78 is 11.6. The second-order valence-electron chi connectivity index (χ2n) is 8.84. The Balaban J connectivity index is 1.40. The van der Waals surface area contributed by atoms with Crippen LogP contribution < -0.4 is 10.6 Å². The van der Waals surface area contributed by atoms with Crippen LogP contribution in [-0.2, 0) is 20.8 Å². The lowest BCUT2D eigenvalue weighted by atomic mass is 10.2. The molecule has 5 heterocycles. The van der Waals surface area contributed by atoms with Gasteiger partial charge in [0.1, 0.15) is 6.61 Å². The van der Waals surface area contributed by atoms with E-state index in [-0.39, 0.29) is 24.5 Å². The fourth-order valence-electron chi connectivity index (χ4n) is 4.54. The number of morpholine rings is 1. The standard InChI is InChI=1S/C23H30N8O3S/c1-29(19(32)14-33-2)16-3-4-30(12-16)13-17-9-18-20(35-17)22(31-5-7-34-8-6-31)28-21(27-18)15-10-25-23(24)26-11-15/h9-11,16H,3-8,12-14H2,1-2H3,(H2,24,25,26). The van der Waals surface area contributed by atoms with Gasteiger partial charge in [0, 0.05) is 70.2 Å². The van der Waals surface area contributed by atoms with Gasteiger partial charge in [0.25, 0.3) is 0 Å². The number of nitrogens with zero attached hydrogens (tertiary/aromatic N) is 7. The van der Waals surface area contributed by atoms with E-state index in [1.54, 1.807) is 30.8 Å². The largest absolute Gasteiger partial charge is 0.378 e. The van der Waals surface area contributed by atoms with Crippen molar-refractivity contribution < 1.29 is 14.3 Å². The number of methoxy groups -OCH3 is 1. The number of nitrogens with two attached hydrogens (primary N) is 1. The number of amides is 1. The first-order valence-corrected chi connectivity index (χ1v) is 12.5. The van der Waals surface area contributed by atoms with Crippen LogP contribution >= 0.6 is 11.3 Å². The zero-order chi connectivity index (χ0) is 24.4. The van der Waals surface area contributed by atoms with E-state index in [0.29, 0.717) is 19.0 Å². The Morgan fingerprint density at radius 3 is 2.77 bits per heavy atom. The van der Waals surface area contributed by atoms with Gasteiger partial charge in [-0.1, -0.05) is 0 Å². The number of aromatic nitrogens is 4. The van der Waals surface area contributed by atoms with Crippen molar-refractivity contribution in [2.24, 2.45) is 0 Å². The summed E-state index contributed by atoms with van der Waals surface area (Å²) in [6, 6.07) is 2.35. The molecule has 0 aliphatic carbocycles. The van der Waals surface area contributed by atoms with E-state index in [1.807, 2.05) is 11.9 Å². The van der Waals surface area contributed by atoms with E-state index in [4.69, 9.17) is 25.2 Å². The Morgan fingerprint density at radius 1 is 1.26 bits per heavy atom. The topological polar surface area (TPSA) is 123 Å². The number of hydrogen-bond donors (Lipinski definition) is 1. The average Bonchev–Trinajstić information content (AvgIpc) is 3.51. The summed E-state index contributed by atoms with van der Waals surface area (Å²) in [7, 11) is 3.41. The van der Waals surface area contributed by atoms with Crippen molar-refractivity contribution in [2.45, 2.75) is 19.0 Å². The maximum atomic E-state index is 12.2. The first-order valence-electron chi connectivity index (χ1n) is 11.7. The molecule has 1 amide bonds. The molecule has 2 aliphatic rings. The van der Waals surface area contributed by atoms with E-state index >= 15 is 0 Å². The van der Waals surface area contributed by atoms with Gasteiger partial charge in [-0.25, -0.2) is 19.9 Å². The number of hydrogen-bond acceptors (Lipinski definition) is 11. The minimum Gasteiger partial charge on any atom is -0.378 e. The zero-order valence-corrected chi connectivity index (χ0v) is 20.8. The third-order valence-electron chi connectivity index (χ3n) is 6.48. The number of nitrogen functional groups attached to an aromatic ring is 1. The van der Waals surface area contributed by atoms with Crippen molar-refractivity contribution in [3.8, 4) is 11.4 Å². The number of rotatable bonds is 7. The highest BCUT2D eigenvalue weighted by Crippen LogP contribution is 2.35. The fraction of sp³-hybridized carbons (Fsp3) is 0.522. The monoisotopic (exact) mass is 498 g/mol. The number of likely N-dealkylation sites (tertiary alicyclic amines) is 1. The quantitative estimate of drug-likeness (QED) is 0.509. The van der Waals surface area contributed by atoms with Crippen molar-refractivity contribution in [1.29, 1.82) is 0 Å². The predicted molar refractivity (Wildman–Crippen MR) is 134 cm³/mol. The molecule has 5 rings (SSSR count). The second-order valence-corrected chi connectivity index (χ2v) is 9.98. The van der Waals surface area contributed by atoms with Crippen LogP contribution in [0.25, 0.3) is 21.6 Å². The summed E-state index contributed by atoms with van der Waals surface area (Å²) >= 11 is 1.73. The lowest BCUT2D eigenvalue weighted by Gasteiger charge is -2.28. The maximum absolute atomic E-state index is 12.2. The van der Waals surface area contributed by atoms with Crippen LogP contribution in [0.15, 0.2) is 18.5 Å². The lowest BCUT2D eigenvalue weighted by Crippen LogP contribution is -2.40. The molecule has 35 heavy (non-hydrogen) atoms. The van der Waals surface area contributed by atoms with E-state index in [1.165, 1.54) is 4.88 Å². The zero-order valence-electron chi connectivity index (χ0n) is 20.0. The summed E-state index contributed by atoms with van der Waals surface area (Å²) in [5.74, 6) is 1.75. The summed E-state index contributed by atoms with van der Waals surface area (Å²) in [5, 5.41) is 0. The number of thiophene rings is 1. The molecule has 0 saturated carbocycles. The smallest absolute Gasteiger partial charge is 0.248 e. The highest BCUT2D eigenvalue weighted by Gasteiger charge is 2.29. The third kappa shape index (κ3) is 5.20. The van der Waals surface area contributed by atoms with Gasteiger partial charge in [-0.05, 0) is 12.5 Å². The molecule has 2 saturated heterocycles. The minimum absolute atomic E-state index is 0.0193. The van der Waals surface area contributed by atoms with Gasteiger partial charge in [0.2, 0.25) is 11.9 Å². The summed E-state index contributed by atoms with van der Waals surface area (Å²) in [5.41, 5.74) is 7.31. The molecule has 0 spiro atoms. The van der Waals surface area contributed by atoms with Crippen LogP contribution in [0.2, 0.25) is 0 Å². The van der Waals surface area contributed by atoms with Crippen LogP contribution in [-0.4, -0.2) is 102 Å². The highest BCUT2D eigenvalue weighted by atomic mass is 32.1. The highest BCUT2D eigenvalue weighted by molar-refractivity contribution is 7.19. The molecule has 0 aromatic carbocycles. The molecule has 0 radical (unpaired) electrons. The Hall–Kier alpha value is -2.93. The maximum Gasteiger partial charge on any atom is 0.248 e. The summed E-state index contributed by atoms with van der Waals surface area (Å²) in [4.78, 5) is 37.9. The molecule has 12 heteroatoms. The normalized spacial score (nSPS) is 18.9. The number of ether oxygens (including phenoxy) is 2. The number of carbonyl (C=O) groups excluding carboxylic acids is 1. The van der Waals surface area contributed by atoms with Gasteiger partial charge in [-0.2, -0.15) is 0 Å². The molecule has 186 valence electrons. The Labute approximate surface area is 207 Å². The van der Waals surface area contributed by atoms with E-state index in [9.17, 15) is 4.79 Å². The van der Waals surface area contributed by atoms with Crippen molar-refractivity contribution in [3.63, 3.8) is 0 Å². The van der Waals surface area contributed by atoms with Gasteiger partial charge in [0.15, 0.2) is 11.6 Å². The molecule has 2 aliphatic heterocycles. The first-order chi connectivity index (χ1) is 17.0. The van der Waals surface area contributed by atoms with E-state index < -0.39 is 0 Å². The Kier molecular flexibility index (Phi) is 7.04. The van der Waals surface area contributed by atoms with Crippen LogP contribution in [0, 0.1) is 0 Å².